The first kappa shape index (κ1) is 21.3. The SMILES string of the molecule is CCSc1nc2n(n1)C(c1cc(Br)ccc1OCc1ccccc1)C1=C(CCCC1=O)N2. The summed E-state index contributed by atoms with van der Waals surface area (Å²) in [6.07, 6.45) is 2.22. The number of hydrogen-bond acceptors (Lipinski definition) is 6. The molecule has 0 bridgehead atoms. The number of aromatic nitrogens is 3. The molecule has 8 heteroatoms. The predicted molar refractivity (Wildman–Crippen MR) is 129 cm³/mol. The molecule has 2 heterocycles. The summed E-state index contributed by atoms with van der Waals surface area (Å²) in [7, 11) is 0. The van der Waals surface area contributed by atoms with Gasteiger partial charge >= 0.3 is 0 Å². The van der Waals surface area contributed by atoms with Gasteiger partial charge in [-0.1, -0.05) is 64.9 Å². The molecule has 1 unspecified atom stereocenters. The predicted octanol–water partition coefficient (Wildman–Crippen LogP) is 5.75. The van der Waals surface area contributed by atoms with E-state index in [1.165, 1.54) is 0 Å². The van der Waals surface area contributed by atoms with Gasteiger partial charge < -0.3 is 10.1 Å². The summed E-state index contributed by atoms with van der Waals surface area (Å²) in [6, 6.07) is 15.6. The Morgan fingerprint density at radius 3 is 2.88 bits per heavy atom. The second-order valence-electron chi connectivity index (χ2n) is 7.75. The topological polar surface area (TPSA) is 69.0 Å². The molecule has 0 radical (unpaired) electrons. The van der Waals surface area contributed by atoms with Gasteiger partial charge in [0.05, 0.1) is 0 Å². The number of fused-ring (bicyclic) bond motifs is 1. The zero-order valence-corrected chi connectivity index (χ0v) is 20.1. The number of benzene rings is 2. The van der Waals surface area contributed by atoms with Crippen molar-refractivity contribution in [3.05, 3.63) is 75.4 Å². The largest absolute Gasteiger partial charge is 0.489 e. The van der Waals surface area contributed by atoms with Gasteiger partial charge in [-0.2, -0.15) is 4.98 Å². The molecule has 1 aliphatic carbocycles. The second kappa shape index (κ2) is 9.11. The van der Waals surface area contributed by atoms with Crippen molar-refractivity contribution >= 4 is 39.4 Å². The normalized spacial score (nSPS) is 17.6. The Morgan fingerprint density at radius 1 is 1.22 bits per heavy atom. The second-order valence-corrected chi connectivity index (χ2v) is 9.90. The first-order valence-electron chi connectivity index (χ1n) is 10.7. The van der Waals surface area contributed by atoms with Crippen molar-refractivity contribution in [2.75, 3.05) is 11.1 Å². The van der Waals surface area contributed by atoms with Gasteiger partial charge in [0.25, 0.3) is 0 Å². The lowest BCUT2D eigenvalue weighted by molar-refractivity contribution is -0.116. The first-order chi connectivity index (χ1) is 15.6. The molecule has 1 aliphatic heterocycles. The average Bonchev–Trinajstić information content (AvgIpc) is 3.20. The fourth-order valence-electron chi connectivity index (χ4n) is 4.21. The van der Waals surface area contributed by atoms with Crippen LogP contribution in [0.4, 0.5) is 5.95 Å². The molecule has 6 nitrogen and oxygen atoms in total. The van der Waals surface area contributed by atoms with Gasteiger partial charge in [-0.3, -0.25) is 4.79 Å². The Morgan fingerprint density at radius 2 is 2.06 bits per heavy atom. The fraction of sp³-hybridized carbons (Fsp3) is 0.292. The minimum Gasteiger partial charge on any atom is -0.489 e. The highest BCUT2D eigenvalue weighted by Crippen LogP contribution is 2.44. The molecule has 5 rings (SSSR count). The molecule has 164 valence electrons. The molecular formula is C24H23BrN4O2S. The number of halogens is 1. The van der Waals surface area contributed by atoms with Crippen LogP contribution in [0.5, 0.6) is 5.75 Å². The summed E-state index contributed by atoms with van der Waals surface area (Å²) < 4.78 is 9.04. The maximum absolute atomic E-state index is 13.1. The van der Waals surface area contributed by atoms with Crippen LogP contribution in [0.2, 0.25) is 0 Å². The third kappa shape index (κ3) is 4.09. The number of ketones is 1. The summed E-state index contributed by atoms with van der Waals surface area (Å²) in [5, 5.41) is 8.85. The molecule has 1 aromatic heterocycles. The quantitative estimate of drug-likeness (QED) is 0.425. The zero-order chi connectivity index (χ0) is 22.1. The van der Waals surface area contributed by atoms with Crippen molar-refractivity contribution in [3.63, 3.8) is 0 Å². The molecule has 3 aromatic rings. The number of carbonyl (C=O) groups is 1. The Bertz CT molecular complexity index is 1190. The van der Waals surface area contributed by atoms with Crippen LogP contribution in [0, 0.1) is 0 Å². The van der Waals surface area contributed by atoms with Crippen LogP contribution < -0.4 is 10.1 Å². The molecule has 0 spiro atoms. The number of nitrogens with one attached hydrogen (secondary N) is 1. The molecule has 0 fully saturated rings. The van der Waals surface area contributed by atoms with Crippen LogP contribution in [0.15, 0.2) is 69.4 Å². The van der Waals surface area contributed by atoms with Gasteiger partial charge in [-0.05, 0) is 42.4 Å². The van der Waals surface area contributed by atoms with E-state index in [0.29, 0.717) is 24.1 Å². The van der Waals surface area contributed by atoms with Gasteiger partial charge in [0.15, 0.2) is 5.78 Å². The molecule has 0 saturated heterocycles. The van der Waals surface area contributed by atoms with Gasteiger partial charge in [0, 0.05) is 27.7 Å². The summed E-state index contributed by atoms with van der Waals surface area (Å²) >= 11 is 5.20. The number of carbonyl (C=O) groups excluding carboxylic acids is 1. The van der Waals surface area contributed by atoms with Crippen molar-refractivity contribution in [3.8, 4) is 5.75 Å². The number of anilines is 1. The number of nitrogens with zero attached hydrogens (tertiary/aromatic N) is 3. The molecule has 2 aliphatic rings. The lowest BCUT2D eigenvalue weighted by atomic mass is 9.85. The van der Waals surface area contributed by atoms with E-state index in [1.807, 2.05) is 53.2 Å². The summed E-state index contributed by atoms with van der Waals surface area (Å²) in [4.78, 5) is 17.8. The zero-order valence-electron chi connectivity index (χ0n) is 17.7. The minimum absolute atomic E-state index is 0.156. The number of thioether (sulfide) groups is 1. The van der Waals surface area contributed by atoms with Gasteiger partial charge in [0.2, 0.25) is 11.1 Å². The number of rotatable bonds is 6. The smallest absolute Gasteiger partial charge is 0.227 e. The molecule has 0 saturated carbocycles. The highest BCUT2D eigenvalue weighted by atomic mass is 79.9. The van der Waals surface area contributed by atoms with E-state index in [4.69, 9.17) is 9.84 Å². The average molecular weight is 511 g/mol. The van der Waals surface area contributed by atoms with Crippen LogP contribution >= 0.6 is 27.7 Å². The van der Waals surface area contributed by atoms with Gasteiger partial charge in [0.1, 0.15) is 18.4 Å². The summed E-state index contributed by atoms with van der Waals surface area (Å²) in [5.41, 5.74) is 3.71. The van der Waals surface area contributed by atoms with Crippen LogP contribution in [0.25, 0.3) is 0 Å². The van der Waals surface area contributed by atoms with E-state index >= 15 is 0 Å². The number of ether oxygens (including phenoxy) is 1. The van der Waals surface area contributed by atoms with Crippen LogP contribution in [0.1, 0.15) is 43.4 Å². The first-order valence-corrected chi connectivity index (χ1v) is 12.5. The molecule has 0 amide bonds. The summed E-state index contributed by atoms with van der Waals surface area (Å²) in [6.45, 7) is 2.52. The van der Waals surface area contributed by atoms with Crippen molar-refractivity contribution in [2.24, 2.45) is 0 Å². The Balaban J connectivity index is 1.61. The maximum atomic E-state index is 13.1. The molecule has 2 aromatic carbocycles. The van der Waals surface area contributed by atoms with Crippen molar-refractivity contribution in [1.82, 2.24) is 14.8 Å². The van der Waals surface area contributed by atoms with Crippen molar-refractivity contribution in [1.29, 1.82) is 0 Å². The Hall–Kier alpha value is -2.58. The highest BCUT2D eigenvalue weighted by Gasteiger charge is 2.38. The molecular weight excluding hydrogens is 488 g/mol. The Labute approximate surface area is 199 Å². The third-order valence-electron chi connectivity index (χ3n) is 5.63. The number of allylic oxidation sites excluding steroid dienone is 2. The highest BCUT2D eigenvalue weighted by molar-refractivity contribution is 9.10. The van der Waals surface area contributed by atoms with Crippen LogP contribution in [-0.2, 0) is 11.4 Å². The van der Waals surface area contributed by atoms with Crippen molar-refractivity contribution < 1.29 is 9.53 Å². The molecule has 1 atom stereocenters. The number of hydrogen-bond donors (Lipinski definition) is 1. The fourth-order valence-corrected chi connectivity index (χ4v) is 5.15. The van der Waals surface area contributed by atoms with Crippen molar-refractivity contribution in [2.45, 2.75) is 44.0 Å². The third-order valence-corrected chi connectivity index (χ3v) is 6.84. The number of Topliss-reactive ketones (excluding diaryl/α,β-unsaturated/α-hetero) is 1. The van der Waals surface area contributed by atoms with E-state index in [2.05, 4.69) is 33.2 Å². The van der Waals surface area contributed by atoms with Gasteiger partial charge in [-0.25, -0.2) is 4.68 Å². The van der Waals surface area contributed by atoms with E-state index in [1.54, 1.807) is 11.8 Å². The maximum Gasteiger partial charge on any atom is 0.227 e. The lowest BCUT2D eigenvalue weighted by Crippen LogP contribution is -2.31. The minimum atomic E-state index is -0.379. The van der Waals surface area contributed by atoms with E-state index < -0.39 is 0 Å². The molecule has 32 heavy (non-hydrogen) atoms. The van der Waals surface area contributed by atoms with Crippen LogP contribution in [-0.4, -0.2) is 26.3 Å². The summed E-state index contributed by atoms with van der Waals surface area (Å²) in [5.74, 6) is 2.44. The molecule has 1 N–H and O–H groups in total. The van der Waals surface area contributed by atoms with E-state index in [-0.39, 0.29) is 11.8 Å². The van der Waals surface area contributed by atoms with E-state index in [9.17, 15) is 4.79 Å². The van der Waals surface area contributed by atoms with Crippen LogP contribution in [0.3, 0.4) is 0 Å². The van der Waals surface area contributed by atoms with E-state index in [0.717, 1.165) is 51.2 Å². The Kier molecular flexibility index (Phi) is 6.06. The monoisotopic (exact) mass is 510 g/mol. The standard InChI is InChI=1S/C24H23BrN4O2S/c1-2-32-24-27-23-26-18-9-6-10-19(30)21(18)22(29(23)28-24)17-13-16(25)11-12-20(17)31-14-15-7-4-3-5-8-15/h3-5,7-8,11-13,22H,2,6,9-10,14H2,1H3,(H,26,27,28). The lowest BCUT2D eigenvalue weighted by Gasteiger charge is -2.33. The van der Waals surface area contributed by atoms with Gasteiger partial charge in [-0.15, -0.1) is 5.10 Å².